The van der Waals surface area contributed by atoms with Crippen LogP contribution in [0.2, 0.25) is 0 Å². The highest BCUT2D eigenvalue weighted by Gasteiger charge is 2.32. The molecule has 4 nitrogen and oxygen atoms in total. The van der Waals surface area contributed by atoms with Gasteiger partial charge >= 0.3 is 6.18 Å². The van der Waals surface area contributed by atoms with Gasteiger partial charge in [-0.05, 0) is 19.1 Å². The van der Waals surface area contributed by atoms with Crippen LogP contribution in [0.15, 0.2) is 24.4 Å². The summed E-state index contributed by atoms with van der Waals surface area (Å²) in [5.41, 5.74) is 5.51. The van der Waals surface area contributed by atoms with E-state index in [0.29, 0.717) is 17.1 Å². The lowest BCUT2D eigenvalue weighted by atomic mass is 10.2. The van der Waals surface area contributed by atoms with Crippen LogP contribution in [-0.2, 0) is 6.18 Å². The van der Waals surface area contributed by atoms with Crippen molar-refractivity contribution in [1.29, 1.82) is 0 Å². The second-order valence-electron chi connectivity index (χ2n) is 3.66. The summed E-state index contributed by atoms with van der Waals surface area (Å²) in [6.07, 6.45) is -3.33. The van der Waals surface area contributed by atoms with Gasteiger partial charge in [0.1, 0.15) is 17.3 Å². The fourth-order valence-electron chi connectivity index (χ4n) is 1.45. The number of nitrogen functional groups attached to an aromatic ring is 1. The third-order valence-corrected chi connectivity index (χ3v) is 2.21. The first-order chi connectivity index (χ1) is 8.36. The molecule has 2 aromatic rings. The Labute approximate surface area is 101 Å². The number of pyridine rings is 1. The monoisotopic (exact) mass is 254 g/mol. The van der Waals surface area contributed by atoms with Gasteiger partial charge in [0.25, 0.3) is 0 Å². The Morgan fingerprint density at radius 3 is 2.39 bits per heavy atom. The van der Waals surface area contributed by atoms with Crippen LogP contribution in [0.1, 0.15) is 11.5 Å². The number of alkyl halides is 3. The lowest BCUT2D eigenvalue weighted by Crippen LogP contribution is -2.07. The maximum atomic E-state index is 12.3. The topological polar surface area (TPSA) is 64.7 Å². The van der Waals surface area contributed by atoms with Crippen molar-refractivity contribution in [3.63, 3.8) is 0 Å². The number of nitrogens with two attached hydrogens (primary N) is 1. The minimum Gasteiger partial charge on any atom is -0.384 e. The summed E-state index contributed by atoms with van der Waals surface area (Å²) >= 11 is 0. The molecule has 0 unspecified atom stereocenters. The zero-order valence-electron chi connectivity index (χ0n) is 9.36. The highest BCUT2D eigenvalue weighted by Crippen LogP contribution is 2.28. The van der Waals surface area contributed by atoms with E-state index in [1.165, 1.54) is 12.1 Å². The summed E-state index contributed by atoms with van der Waals surface area (Å²) in [7, 11) is 0. The number of hydrogen-bond acceptors (Lipinski definition) is 4. The minimum atomic E-state index is -4.45. The second kappa shape index (κ2) is 4.25. The highest BCUT2D eigenvalue weighted by molar-refractivity contribution is 5.60. The Kier molecular flexibility index (Phi) is 2.90. The Balaban J connectivity index is 2.40. The van der Waals surface area contributed by atoms with Crippen LogP contribution in [0.5, 0.6) is 0 Å². The van der Waals surface area contributed by atoms with Gasteiger partial charge in [0.05, 0.1) is 5.69 Å². The van der Waals surface area contributed by atoms with Gasteiger partial charge in [0.15, 0.2) is 0 Å². The summed E-state index contributed by atoms with van der Waals surface area (Å²) in [5, 5.41) is 0. The molecule has 0 fully saturated rings. The Morgan fingerprint density at radius 1 is 1.17 bits per heavy atom. The SMILES string of the molecule is Cc1nc(N)cc(-c2ccc(C(F)(F)F)nc2)n1. The van der Waals surface area contributed by atoms with Crippen molar-refractivity contribution in [3.05, 3.63) is 35.9 Å². The Morgan fingerprint density at radius 2 is 1.89 bits per heavy atom. The van der Waals surface area contributed by atoms with Gasteiger partial charge in [-0.25, -0.2) is 9.97 Å². The third-order valence-electron chi connectivity index (χ3n) is 2.21. The summed E-state index contributed by atoms with van der Waals surface area (Å²) < 4.78 is 37.0. The molecule has 0 aliphatic carbocycles. The smallest absolute Gasteiger partial charge is 0.384 e. The molecular formula is C11H9F3N4. The van der Waals surface area contributed by atoms with Crippen LogP contribution in [0.25, 0.3) is 11.3 Å². The summed E-state index contributed by atoms with van der Waals surface area (Å²) in [6, 6.07) is 3.69. The lowest BCUT2D eigenvalue weighted by molar-refractivity contribution is -0.141. The van der Waals surface area contributed by atoms with Gasteiger partial charge in [0.2, 0.25) is 0 Å². The zero-order valence-corrected chi connectivity index (χ0v) is 9.36. The molecule has 2 rings (SSSR count). The average Bonchev–Trinajstić information content (AvgIpc) is 2.27. The zero-order chi connectivity index (χ0) is 13.3. The molecule has 0 saturated heterocycles. The van der Waals surface area contributed by atoms with E-state index in [1.807, 2.05) is 0 Å². The van der Waals surface area contributed by atoms with Crippen molar-refractivity contribution >= 4 is 5.82 Å². The number of nitrogens with zero attached hydrogens (tertiary/aromatic N) is 3. The van der Waals surface area contributed by atoms with Crippen LogP contribution >= 0.6 is 0 Å². The number of halogens is 3. The molecule has 0 spiro atoms. The molecule has 7 heteroatoms. The molecule has 0 aromatic carbocycles. The number of rotatable bonds is 1. The van der Waals surface area contributed by atoms with Crippen LogP contribution in [0.4, 0.5) is 19.0 Å². The van der Waals surface area contributed by atoms with Crippen LogP contribution < -0.4 is 5.73 Å². The maximum Gasteiger partial charge on any atom is 0.433 e. The van der Waals surface area contributed by atoms with Crippen LogP contribution in [0.3, 0.4) is 0 Å². The summed E-state index contributed by atoms with van der Waals surface area (Å²) in [6.45, 7) is 1.65. The first-order valence-corrected chi connectivity index (χ1v) is 5.01. The summed E-state index contributed by atoms with van der Waals surface area (Å²) in [5.74, 6) is 0.710. The molecule has 0 aliphatic rings. The van der Waals surface area contributed by atoms with Gasteiger partial charge in [0, 0.05) is 17.8 Å². The molecule has 2 N–H and O–H groups in total. The maximum absolute atomic E-state index is 12.3. The molecule has 18 heavy (non-hydrogen) atoms. The molecule has 94 valence electrons. The Bertz CT molecular complexity index is 543. The minimum absolute atomic E-state index is 0.261. The number of anilines is 1. The molecule has 2 aromatic heterocycles. The Hall–Kier alpha value is -2.18. The van der Waals surface area contributed by atoms with Crippen molar-refractivity contribution in [2.75, 3.05) is 5.73 Å². The second-order valence-corrected chi connectivity index (χ2v) is 3.66. The number of aryl methyl sites for hydroxylation is 1. The van der Waals surface area contributed by atoms with E-state index in [4.69, 9.17) is 5.73 Å². The van der Waals surface area contributed by atoms with Gasteiger partial charge in [-0.2, -0.15) is 13.2 Å². The largest absolute Gasteiger partial charge is 0.433 e. The van der Waals surface area contributed by atoms with E-state index >= 15 is 0 Å². The van der Waals surface area contributed by atoms with Gasteiger partial charge in [-0.1, -0.05) is 0 Å². The summed E-state index contributed by atoms with van der Waals surface area (Å²) in [4.78, 5) is 11.3. The lowest BCUT2D eigenvalue weighted by Gasteiger charge is -2.07. The van der Waals surface area contributed by atoms with Crippen molar-refractivity contribution < 1.29 is 13.2 Å². The molecule has 0 saturated carbocycles. The van der Waals surface area contributed by atoms with Crippen molar-refractivity contribution in [3.8, 4) is 11.3 Å². The predicted octanol–water partition coefficient (Wildman–Crippen LogP) is 2.45. The predicted molar refractivity (Wildman–Crippen MR) is 59.4 cm³/mol. The van der Waals surface area contributed by atoms with Crippen molar-refractivity contribution in [2.24, 2.45) is 0 Å². The number of hydrogen-bond donors (Lipinski definition) is 1. The van der Waals surface area contributed by atoms with Crippen LogP contribution in [-0.4, -0.2) is 15.0 Å². The first-order valence-electron chi connectivity index (χ1n) is 5.01. The molecule has 0 amide bonds. The average molecular weight is 254 g/mol. The van der Waals surface area contributed by atoms with Gasteiger partial charge in [-0.3, -0.25) is 4.98 Å². The molecular weight excluding hydrogens is 245 g/mol. The van der Waals surface area contributed by atoms with Crippen molar-refractivity contribution in [1.82, 2.24) is 15.0 Å². The molecule has 2 heterocycles. The third kappa shape index (κ3) is 2.55. The normalized spacial score (nSPS) is 11.6. The molecule has 0 radical (unpaired) electrons. The fraction of sp³-hybridized carbons (Fsp3) is 0.182. The molecule has 0 atom stereocenters. The quantitative estimate of drug-likeness (QED) is 0.848. The van der Waals surface area contributed by atoms with E-state index in [1.54, 1.807) is 6.92 Å². The van der Waals surface area contributed by atoms with Crippen LogP contribution in [0, 0.1) is 6.92 Å². The van der Waals surface area contributed by atoms with E-state index in [9.17, 15) is 13.2 Å². The molecule has 0 bridgehead atoms. The fourth-order valence-corrected chi connectivity index (χ4v) is 1.45. The molecule has 0 aliphatic heterocycles. The van der Waals surface area contributed by atoms with E-state index in [2.05, 4.69) is 15.0 Å². The first kappa shape index (κ1) is 12.3. The van der Waals surface area contributed by atoms with Gasteiger partial charge in [-0.15, -0.1) is 0 Å². The standard InChI is InChI=1S/C11H9F3N4/c1-6-17-8(4-10(15)18-6)7-2-3-9(16-5-7)11(12,13)14/h2-5H,1H3,(H2,15,17,18). The van der Waals surface area contributed by atoms with Gasteiger partial charge < -0.3 is 5.73 Å². The van der Waals surface area contributed by atoms with E-state index in [-0.39, 0.29) is 5.82 Å². The van der Waals surface area contributed by atoms with Crippen molar-refractivity contribution in [2.45, 2.75) is 13.1 Å². The van der Waals surface area contributed by atoms with E-state index in [0.717, 1.165) is 12.3 Å². The van der Waals surface area contributed by atoms with E-state index < -0.39 is 11.9 Å². The number of aromatic nitrogens is 3. The highest BCUT2D eigenvalue weighted by atomic mass is 19.4.